The number of hydrogen-bond donors (Lipinski definition) is 2. The van der Waals surface area contributed by atoms with Crippen LogP contribution in [-0.4, -0.2) is 11.7 Å². The average molecular weight is 200 g/mol. The molecule has 0 saturated heterocycles. The molecule has 0 spiro atoms. The molecule has 0 radical (unpaired) electrons. The highest BCUT2D eigenvalue weighted by Gasteiger charge is 2.23. The zero-order valence-corrected chi connectivity index (χ0v) is 8.60. The van der Waals surface area contributed by atoms with Gasteiger partial charge in [0, 0.05) is 17.1 Å². The van der Waals surface area contributed by atoms with Gasteiger partial charge in [-0.25, -0.2) is 0 Å². The number of halogens is 1. The Kier molecular flexibility index (Phi) is 2.96. The molecule has 72 valence electrons. The number of rotatable bonds is 2. The molecule has 0 saturated carbocycles. The fraction of sp³-hybridized carbons (Fsp3) is 0.400. The van der Waals surface area contributed by atoms with Crippen LogP contribution in [0, 0.1) is 6.92 Å². The summed E-state index contributed by atoms with van der Waals surface area (Å²) in [7, 11) is 0. The van der Waals surface area contributed by atoms with Crippen LogP contribution in [0.15, 0.2) is 18.2 Å². The van der Waals surface area contributed by atoms with Crippen molar-refractivity contribution >= 4 is 11.6 Å². The van der Waals surface area contributed by atoms with Crippen molar-refractivity contribution in [2.45, 2.75) is 19.4 Å². The van der Waals surface area contributed by atoms with E-state index in [4.69, 9.17) is 17.3 Å². The van der Waals surface area contributed by atoms with E-state index in [1.165, 1.54) is 0 Å². The van der Waals surface area contributed by atoms with Crippen molar-refractivity contribution in [3.8, 4) is 0 Å². The van der Waals surface area contributed by atoms with E-state index < -0.39 is 5.60 Å². The number of aryl methyl sites for hydroxylation is 1. The first-order valence-corrected chi connectivity index (χ1v) is 4.54. The summed E-state index contributed by atoms with van der Waals surface area (Å²) in [5.41, 5.74) is 6.16. The molecule has 1 rings (SSSR count). The van der Waals surface area contributed by atoms with E-state index in [2.05, 4.69) is 0 Å². The lowest BCUT2D eigenvalue weighted by molar-refractivity contribution is 0.0669. The third-order valence-electron chi connectivity index (χ3n) is 2.10. The molecular formula is C10H14ClNO. The van der Waals surface area contributed by atoms with Crippen molar-refractivity contribution in [3.63, 3.8) is 0 Å². The Morgan fingerprint density at radius 2 is 2.15 bits per heavy atom. The van der Waals surface area contributed by atoms with E-state index in [0.717, 1.165) is 5.56 Å². The molecule has 1 atom stereocenters. The van der Waals surface area contributed by atoms with Crippen LogP contribution in [0.2, 0.25) is 5.02 Å². The Balaban J connectivity index is 3.20. The molecule has 0 aliphatic rings. The van der Waals surface area contributed by atoms with E-state index in [1.54, 1.807) is 13.0 Å². The van der Waals surface area contributed by atoms with Gasteiger partial charge in [0.2, 0.25) is 0 Å². The first-order valence-electron chi connectivity index (χ1n) is 4.16. The lowest BCUT2D eigenvalue weighted by Gasteiger charge is -2.23. The average Bonchev–Trinajstić information content (AvgIpc) is 2.09. The summed E-state index contributed by atoms with van der Waals surface area (Å²) in [5, 5.41) is 10.4. The maximum atomic E-state index is 9.89. The van der Waals surface area contributed by atoms with Crippen LogP contribution in [0.4, 0.5) is 0 Å². The van der Waals surface area contributed by atoms with Crippen molar-refractivity contribution in [1.82, 2.24) is 0 Å². The zero-order chi connectivity index (χ0) is 10.1. The lowest BCUT2D eigenvalue weighted by Crippen LogP contribution is -2.31. The van der Waals surface area contributed by atoms with Gasteiger partial charge < -0.3 is 10.8 Å². The van der Waals surface area contributed by atoms with Gasteiger partial charge in [0.25, 0.3) is 0 Å². The van der Waals surface area contributed by atoms with Gasteiger partial charge in [-0.05, 0) is 19.9 Å². The molecule has 3 N–H and O–H groups in total. The van der Waals surface area contributed by atoms with Crippen LogP contribution >= 0.6 is 11.6 Å². The molecule has 0 aromatic heterocycles. The maximum absolute atomic E-state index is 9.89. The number of benzene rings is 1. The standard InChI is InChI=1S/C10H14ClNO/c1-7-3-4-9(11)8(5-7)10(2,13)6-12/h3-5,13H,6,12H2,1-2H3. The quantitative estimate of drug-likeness (QED) is 0.763. The van der Waals surface area contributed by atoms with Gasteiger partial charge in [-0.3, -0.25) is 0 Å². The summed E-state index contributed by atoms with van der Waals surface area (Å²) in [4.78, 5) is 0. The van der Waals surface area contributed by atoms with E-state index >= 15 is 0 Å². The van der Waals surface area contributed by atoms with Gasteiger partial charge in [0.1, 0.15) is 5.60 Å². The first kappa shape index (κ1) is 10.5. The molecule has 0 bridgehead atoms. The van der Waals surface area contributed by atoms with Gasteiger partial charge in [0.05, 0.1) is 0 Å². The lowest BCUT2D eigenvalue weighted by atomic mass is 9.95. The SMILES string of the molecule is Cc1ccc(Cl)c(C(C)(O)CN)c1. The first-order chi connectivity index (χ1) is 5.97. The largest absolute Gasteiger partial charge is 0.384 e. The molecule has 1 unspecified atom stereocenters. The molecule has 0 fully saturated rings. The normalized spacial score (nSPS) is 15.5. The maximum Gasteiger partial charge on any atom is 0.100 e. The fourth-order valence-corrected chi connectivity index (χ4v) is 1.48. The summed E-state index contributed by atoms with van der Waals surface area (Å²) < 4.78 is 0. The number of aliphatic hydroxyl groups is 1. The monoisotopic (exact) mass is 199 g/mol. The van der Waals surface area contributed by atoms with Gasteiger partial charge in [-0.2, -0.15) is 0 Å². The summed E-state index contributed by atoms with van der Waals surface area (Å²) in [6, 6.07) is 5.53. The van der Waals surface area contributed by atoms with Gasteiger partial charge in [-0.1, -0.05) is 29.3 Å². The Morgan fingerprint density at radius 3 is 2.69 bits per heavy atom. The molecule has 1 aromatic carbocycles. The fourth-order valence-electron chi connectivity index (χ4n) is 1.16. The van der Waals surface area contributed by atoms with Crippen molar-refractivity contribution in [1.29, 1.82) is 0 Å². The minimum Gasteiger partial charge on any atom is -0.384 e. The van der Waals surface area contributed by atoms with Crippen LogP contribution in [0.25, 0.3) is 0 Å². The van der Waals surface area contributed by atoms with Crippen molar-refractivity contribution in [3.05, 3.63) is 34.3 Å². The topological polar surface area (TPSA) is 46.2 Å². The number of nitrogens with two attached hydrogens (primary N) is 1. The summed E-state index contributed by atoms with van der Waals surface area (Å²) in [6.45, 7) is 3.77. The number of hydrogen-bond acceptors (Lipinski definition) is 2. The molecule has 2 nitrogen and oxygen atoms in total. The molecule has 3 heteroatoms. The van der Waals surface area contributed by atoms with Gasteiger partial charge in [0.15, 0.2) is 0 Å². The van der Waals surface area contributed by atoms with E-state index in [0.29, 0.717) is 10.6 Å². The summed E-state index contributed by atoms with van der Waals surface area (Å²) in [6.07, 6.45) is 0. The third kappa shape index (κ3) is 2.21. The second-order valence-corrected chi connectivity index (χ2v) is 3.87. The Hall–Kier alpha value is -0.570. The highest BCUT2D eigenvalue weighted by Crippen LogP contribution is 2.27. The van der Waals surface area contributed by atoms with E-state index in [-0.39, 0.29) is 6.54 Å². The molecule has 0 heterocycles. The van der Waals surface area contributed by atoms with Crippen LogP contribution in [0.1, 0.15) is 18.1 Å². The molecule has 0 amide bonds. The summed E-state index contributed by atoms with van der Waals surface area (Å²) >= 11 is 5.94. The Bertz CT molecular complexity index is 310. The molecule has 0 aliphatic carbocycles. The zero-order valence-electron chi connectivity index (χ0n) is 7.84. The minimum absolute atomic E-state index is 0.163. The minimum atomic E-state index is -1.04. The predicted octanol–water partition coefficient (Wildman–Crippen LogP) is 1.81. The van der Waals surface area contributed by atoms with Crippen molar-refractivity contribution in [2.24, 2.45) is 5.73 Å². The Labute approximate surface area is 83.3 Å². The molecule has 13 heavy (non-hydrogen) atoms. The van der Waals surface area contributed by atoms with Crippen LogP contribution < -0.4 is 5.73 Å². The van der Waals surface area contributed by atoms with Gasteiger partial charge in [-0.15, -0.1) is 0 Å². The molecule has 1 aromatic rings. The van der Waals surface area contributed by atoms with Crippen LogP contribution in [0.3, 0.4) is 0 Å². The van der Waals surface area contributed by atoms with Crippen molar-refractivity contribution in [2.75, 3.05) is 6.54 Å². The van der Waals surface area contributed by atoms with Gasteiger partial charge >= 0.3 is 0 Å². The van der Waals surface area contributed by atoms with E-state index in [1.807, 2.05) is 19.1 Å². The van der Waals surface area contributed by atoms with Crippen LogP contribution in [-0.2, 0) is 5.60 Å². The highest BCUT2D eigenvalue weighted by atomic mass is 35.5. The molecular weight excluding hydrogens is 186 g/mol. The van der Waals surface area contributed by atoms with Crippen LogP contribution in [0.5, 0.6) is 0 Å². The Morgan fingerprint density at radius 1 is 1.54 bits per heavy atom. The predicted molar refractivity (Wildman–Crippen MR) is 54.8 cm³/mol. The summed E-state index contributed by atoms with van der Waals surface area (Å²) in [5.74, 6) is 0. The second-order valence-electron chi connectivity index (χ2n) is 3.46. The van der Waals surface area contributed by atoms with E-state index in [9.17, 15) is 5.11 Å². The van der Waals surface area contributed by atoms with Crippen molar-refractivity contribution < 1.29 is 5.11 Å². The second kappa shape index (κ2) is 3.66. The smallest absolute Gasteiger partial charge is 0.100 e. The third-order valence-corrected chi connectivity index (χ3v) is 2.43. The highest BCUT2D eigenvalue weighted by molar-refractivity contribution is 6.31. The molecule has 0 aliphatic heterocycles.